The predicted octanol–water partition coefficient (Wildman–Crippen LogP) is 4.74. The quantitative estimate of drug-likeness (QED) is 0.676. The summed E-state index contributed by atoms with van der Waals surface area (Å²) in [4.78, 5) is 12.0. The van der Waals surface area contributed by atoms with Gasteiger partial charge in [0, 0.05) is 11.8 Å². The van der Waals surface area contributed by atoms with Crippen LogP contribution < -0.4 is 19.5 Å². The number of anilines is 1. The smallest absolute Gasteiger partial charge is 0.387 e. The highest BCUT2D eigenvalue weighted by Gasteiger charge is 2.07. The number of alkyl halides is 2. The van der Waals surface area contributed by atoms with Crippen molar-refractivity contribution in [2.24, 2.45) is 0 Å². The van der Waals surface area contributed by atoms with E-state index in [0.717, 1.165) is 5.56 Å². The number of rotatable bonds is 8. The molecule has 0 aliphatic carbocycles. The number of halogens is 2. The molecule has 144 valence electrons. The van der Waals surface area contributed by atoms with Crippen LogP contribution in [0.25, 0.3) is 6.08 Å². The topological polar surface area (TPSA) is 56.8 Å². The van der Waals surface area contributed by atoms with E-state index >= 15 is 0 Å². The molecular formula is C20H21F2NO4. The van der Waals surface area contributed by atoms with Gasteiger partial charge in [0.05, 0.1) is 13.2 Å². The number of amides is 1. The zero-order chi connectivity index (χ0) is 19.8. The molecule has 5 nitrogen and oxygen atoms in total. The Labute approximate surface area is 156 Å². The van der Waals surface area contributed by atoms with Gasteiger partial charge < -0.3 is 19.5 Å². The molecule has 0 bridgehead atoms. The Balaban J connectivity index is 1.99. The van der Waals surface area contributed by atoms with Crippen LogP contribution in [0.4, 0.5) is 14.5 Å². The van der Waals surface area contributed by atoms with Gasteiger partial charge in [-0.15, -0.1) is 0 Å². The van der Waals surface area contributed by atoms with Crippen molar-refractivity contribution >= 4 is 17.7 Å². The van der Waals surface area contributed by atoms with E-state index in [9.17, 15) is 13.6 Å². The molecule has 2 rings (SSSR count). The fraction of sp³-hybridized carbons (Fsp3) is 0.250. The van der Waals surface area contributed by atoms with Gasteiger partial charge in [0.25, 0.3) is 0 Å². The molecule has 0 saturated heterocycles. The van der Waals surface area contributed by atoms with Crippen LogP contribution in [0.15, 0.2) is 48.5 Å². The molecule has 7 heteroatoms. The Morgan fingerprint density at radius 1 is 1.04 bits per heavy atom. The molecule has 0 aromatic heterocycles. The normalized spacial score (nSPS) is 11.1. The van der Waals surface area contributed by atoms with Crippen LogP contribution in [-0.4, -0.2) is 25.7 Å². The number of ether oxygens (including phenoxy) is 3. The van der Waals surface area contributed by atoms with Crippen molar-refractivity contribution in [3.05, 3.63) is 54.1 Å². The predicted molar refractivity (Wildman–Crippen MR) is 99.5 cm³/mol. The molecule has 0 atom stereocenters. The van der Waals surface area contributed by atoms with Crippen molar-refractivity contribution in [3.8, 4) is 17.2 Å². The van der Waals surface area contributed by atoms with E-state index in [1.165, 1.54) is 30.3 Å². The first-order chi connectivity index (χ1) is 12.9. The number of methoxy groups -OCH3 is 1. The zero-order valence-corrected chi connectivity index (χ0v) is 15.2. The average molecular weight is 377 g/mol. The number of carbonyl (C=O) groups excluding carboxylic acids is 1. The molecule has 2 aromatic carbocycles. The van der Waals surface area contributed by atoms with Crippen molar-refractivity contribution in [1.29, 1.82) is 0 Å². The van der Waals surface area contributed by atoms with E-state index in [-0.39, 0.29) is 17.8 Å². The molecule has 0 aliphatic rings. The van der Waals surface area contributed by atoms with Gasteiger partial charge >= 0.3 is 6.61 Å². The van der Waals surface area contributed by atoms with Gasteiger partial charge in [-0.2, -0.15) is 8.78 Å². The summed E-state index contributed by atoms with van der Waals surface area (Å²) in [7, 11) is 1.55. The van der Waals surface area contributed by atoms with Crippen molar-refractivity contribution < 1.29 is 27.8 Å². The largest absolute Gasteiger partial charge is 0.493 e. The lowest BCUT2D eigenvalue weighted by Crippen LogP contribution is -2.08. The molecule has 0 saturated carbocycles. The van der Waals surface area contributed by atoms with Gasteiger partial charge in [0.15, 0.2) is 11.5 Å². The highest BCUT2D eigenvalue weighted by atomic mass is 19.3. The van der Waals surface area contributed by atoms with Gasteiger partial charge in [-0.05, 0) is 61.9 Å². The lowest BCUT2D eigenvalue weighted by Gasteiger charge is -2.13. The maximum Gasteiger partial charge on any atom is 0.387 e. The van der Waals surface area contributed by atoms with Crippen LogP contribution in [0.1, 0.15) is 19.4 Å². The van der Waals surface area contributed by atoms with Gasteiger partial charge in [-0.1, -0.05) is 6.07 Å². The first kappa shape index (κ1) is 20.2. The van der Waals surface area contributed by atoms with Crippen molar-refractivity contribution in [2.75, 3.05) is 12.4 Å². The SMILES string of the molecule is COc1cc(C=CC(=O)Nc2ccc(OC(F)F)cc2)ccc1OC(C)C. The second-order valence-electron chi connectivity index (χ2n) is 5.80. The van der Waals surface area contributed by atoms with Crippen LogP contribution >= 0.6 is 0 Å². The molecule has 1 N–H and O–H groups in total. The Bertz CT molecular complexity index is 789. The Kier molecular flexibility index (Phi) is 7.16. The highest BCUT2D eigenvalue weighted by Crippen LogP contribution is 2.29. The third kappa shape index (κ3) is 6.62. The average Bonchev–Trinajstić information content (AvgIpc) is 2.61. The van der Waals surface area contributed by atoms with Crippen LogP contribution in [0, 0.1) is 0 Å². The Morgan fingerprint density at radius 2 is 1.74 bits per heavy atom. The lowest BCUT2D eigenvalue weighted by molar-refractivity contribution is -0.111. The van der Waals surface area contributed by atoms with E-state index in [0.29, 0.717) is 17.2 Å². The van der Waals surface area contributed by atoms with Crippen LogP contribution in [0.2, 0.25) is 0 Å². The summed E-state index contributed by atoms with van der Waals surface area (Å²) in [6.07, 6.45) is 3.01. The monoisotopic (exact) mass is 377 g/mol. The third-order valence-electron chi connectivity index (χ3n) is 3.32. The molecule has 0 heterocycles. The fourth-order valence-electron chi connectivity index (χ4n) is 2.21. The first-order valence-corrected chi connectivity index (χ1v) is 8.26. The van der Waals surface area contributed by atoms with Crippen molar-refractivity contribution in [3.63, 3.8) is 0 Å². The summed E-state index contributed by atoms with van der Waals surface area (Å²) < 4.78 is 39.4. The minimum Gasteiger partial charge on any atom is -0.493 e. The highest BCUT2D eigenvalue weighted by molar-refractivity contribution is 6.01. The fourth-order valence-corrected chi connectivity index (χ4v) is 2.21. The lowest BCUT2D eigenvalue weighted by atomic mass is 10.2. The van der Waals surface area contributed by atoms with Crippen molar-refractivity contribution in [2.45, 2.75) is 26.6 Å². The van der Waals surface area contributed by atoms with Crippen LogP contribution in [-0.2, 0) is 4.79 Å². The molecule has 0 fully saturated rings. The molecule has 2 aromatic rings. The number of nitrogens with one attached hydrogen (secondary N) is 1. The number of benzene rings is 2. The molecule has 0 radical (unpaired) electrons. The summed E-state index contributed by atoms with van der Waals surface area (Å²) in [5.41, 5.74) is 1.23. The van der Waals surface area contributed by atoms with E-state index in [4.69, 9.17) is 9.47 Å². The molecule has 27 heavy (non-hydrogen) atoms. The molecule has 0 aliphatic heterocycles. The van der Waals surface area contributed by atoms with Crippen LogP contribution in [0.5, 0.6) is 17.2 Å². The summed E-state index contributed by atoms with van der Waals surface area (Å²) in [5.74, 6) is 0.856. The zero-order valence-electron chi connectivity index (χ0n) is 15.2. The number of hydrogen-bond acceptors (Lipinski definition) is 4. The number of hydrogen-bond donors (Lipinski definition) is 1. The minimum atomic E-state index is -2.89. The van der Waals surface area contributed by atoms with Crippen molar-refractivity contribution in [1.82, 2.24) is 0 Å². The summed E-state index contributed by atoms with van der Waals surface area (Å²) >= 11 is 0. The van der Waals surface area contributed by atoms with Crippen LogP contribution in [0.3, 0.4) is 0 Å². The summed E-state index contributed by atoms with van der Waals surface area (Å²) in [6.45, 7) is 0.954. The molecule has 1 amide bonds. The molecule has 0 unspecified atom stereocenters. The maximum atomic E-state index is 12.1. The first-order valence-electron chi connectivity index (χ1n) is 8.26. The second kappa shape index (κ2) is 9.56. The van der Waals surface area contributed by atoms with E-state index < -0.39 is 6.61 Å². The van der Waals surface area contributed by atoms with Gasteiger partial charge in [0.1, 0.15) is 5.75 Å². The second-order valence-corrected chi connectivity index (χ2v) is 5.80. The maximum absolute atomic E-state index is 12.1. The minimum absolute atomic E-state index is 0.0172. The molecular weight excluding hydrogens is 356 g/mol. The Hall–Kier alpha value is -3.09. The van der Waals surface area contributed by atoms with Gasteiger partial charge in [-0.3, -0.25) is 4.79 Å². The van der Waals surface area contributed by atoms with Gasteiger partial charge in [0.2, 0.25) is 5.91 Å². The third-order valence-corrected chi connectivity index (χ3v) is 3.32. The van der Waals surface area contributed by atoms with E-state index in [1.807, 2.05) is 13.8 Å². The number of carbonyl (C=O) groups is 1. The standard InChI is InChI=1S/C20H21F2NO4/c1-13(2)26-17-10-4-14(12-18(17)25-3)5-11-19(24)23-15-6-8-16(9-7-15)27-20(21)22/h4-13,20H,1-3H3,(H,23,24). The van der Waals surface area contributed by atoms with E-state index in [1.54, 1.807) is 31.4 Å². The summed E-state index contributed by atoms with van der Waals surface area (Å²) in [5, 5.41) is 2.63. The summed E-state index contributed by atoms with van der Waals surface area (Å²) in [6, 6.07) is 11.0. The van der Waals surface area contributed by atoms with E-state index in [2.05, 4.69) is 10.1 Å². The van der Waals surface area contributed by atoms with Gasteiger partial charge in [-0.25, -0.2) is 0 Å². The Morgan fingerprint density at radius 3 is 2.33 bits per heavy atom. The molecule has 0 spiro atoms.